The first-order chi connectivity index (χ1) is 15.7. The molecule has 0 unspecified atom stereocenters. The third-order valence-corrected chi connectivity index (χ3v) is 5.11. The van der Waals surface area contributed by atoms with Gasteiger partial charge in [0.1, 0.15) is 6.26 Å². The van der Waals surface area contributed by atoms with E-state index in [4.69, 9.17) is 4.42 Å². The molecule has 0 spiro atoms. The Morgan fingerprint density at radius 2 is 1.97 bits per heavy atom. The van der Waals surface area contributed by atoms with Crippen LogP contribution in [-0.2, 0) is 17.9 Å². The zero-order valence-corrected chi connectivity index (χ0v) is 18.2. The summed E-state index contributed by atoms with van der Waals surface area (Å²) < 4.78 is 5.60. The first kappa shape index (κ1) is 21.4. The van der Waals surface area contributed by atoms with Crippen LogP contribution in [0.5, 0.6) is 0 Å². The number of anilines is 1. The lowest BCUT2D eigenvalue weighted by Gasteiger charge is -2.28. The predicted molar refractivity (Wildman–Crippen MR) is 125 cm³/mol. The number of piperazine rings is 1. The van der Waals surface area contributed by atoms with E-state index < -0.39 is 0 Å². The van der Waals surface area contributed by atoms with Crippen LogP contribution in [0.2, 0.25) is 0 Å². The Morgan fingerprint density at radius 3 is 2.72 bits per heavy atom. The molecule has 1 fully saturated rings. The lowest BCUT2D eigenvalue weighted by molar-refractivity contribution is -0.120. The van der Waals surface area contributed by atoms with Gasteiger partial charge in [-0.25, -0.2) is 9.98 Å². The Labute approximate surface area is 187 Å². The van der Waals surface area contributed by atoms with Crippen LogP contribution in [0.1, 0.15) is 18.2 Å². The molecule has 1 amide bonds. The molecule has 1 aliphatic heterocycles. The summed E-state index contributed by atoms with van der Waals surface area (Å²) in [5.74, 6) is 1.39. The third kappa shape index (κ3) is 5.66. The van der Waals surface area contributed by atoms with E-state index >= 15 is 0 Å². The molecule has 1 saturated heterocycles. The van der Waals surface area contributed by atoms with Crippen molar-refractivity contribution in [3.05, 3.63) is 72.1 Å². The Kier molecular flexibility index (Phi) is 7.01. The largest absolute Gasteiger partial charge is 0.444 e. The molecular weight excluding hydrogens is 404 g/mol. The predicted octanol–water partition coefficient (Wildman–Crippen LogP) is 2.53. The maximum Gasteiger partial charge on any atom is 0.239 e. The van der Waals surface area contributed by atoms with E-state index in [1.807, 2.05) is 49.4 Å². The van der Waals surface area contributed by atoms with Gasteiger partial charge in [0.25, 0.3) is 0 Å². The summed E-state index contributed by atoms with van der Waals surface area (Å²) in [4.78, 5) is 22.9. The Hall–Kier alpha value is -3.81. The Bertz CT molecular complexity index is 1050. The van der Waals surface area contributed by atoms with Crippen molar-refractivity contribution in [2.75, 3.05) is 31.1 Å². The number of aromatic nitrogens is 1. The zero-order valence-electron chi connectivity index (χ0n) is 18.2. The van der Waals surface area contributed by atoms with Crippen molar-refractivity contribution < 1.29 is 9.21 Å². The van der Waals surface area contributed by atoms with E-state index in [1.54, 1.807) is 6.26 Å². The van der Waals surface area contributed by atoms with E-state index in [0.29, 0.717) is 38.0 Å². The number of hydrogen-bond acceptors (Lipinski definition) is 5. The molecule has 0 saturated carbocycles. The van der Waals surface area contributed by atoms with Crippen molar-refractivity contribution in [1.29, 1.82) is 0 Å². The monoisotopic (exact) mass is 432 g/mol. The zero-order chi connectivity index (χ0) is 22.2. The normalized spacial score (nSPS) is 14.2. The van der Waals surface area contributed by atoms with Gasteiger partial charge in [0, 0.05) is 30.9 Å². The summed E-state index contributed by atoms with van der Waals surface area (Å²) in [6.45, 7) is 5.76. The van der Waals surface area contributed by atoms with Crippen LogP contribution in [0.15, 0.2) is 70.3 Å². The van der Waals surface area contributed by atoms with Gasteiger partial charge in [-0.1, -0.05) is 30.3 Å². The van der Waals surface area contributed by atoms with E-state index in [1.165, 1.54) is 0 Å². The van der Waals surface area contributed by atoms with Crippen LogP contribution in [0.3, 0.4) is 0 Å². The number of nitrogens with zero attached hydrogens (tertiary/aromatic N) is 3. The standard InChI is InChI=1S/C24H28N6O2/c1-2-25-24(28-15-20-17-32-23(29-20)19-6-4-3-5-7-19)27-14-18-8-10-21(11-9-18)30-13-12-26-22(31)16-30/h3-11,17H,2,12-16H2,1H3,(H,26,31)(H2,25,27,28). The third-order valence-electron chi connectivity index (χ3n) is 5.11. The van der Waals surface area contributed by atoms with Crippen molar-refractivity contribution in [2.45, 2.75) is 20.0 Å². The van der Waals surface area contributed by atoms with Crippen LogP contribution in [0.4, 0.5) is 5.69 Å². The van der Waals surface area contributed by atoms with E-state index in [2.05, 4.69) is 43.0 Å². The number of nitrogens with one attached hydrogen (secondary N) is 3. The number of aliphatic imine (C=N–C) groups is 1. The number of carbonyl (C=O) groups excluding carboxylic acids is 1. The van der Waals surface area contributed by atoms with E-state index in [-0.39, 0.29) is 5.91 Å². The molecule has 166 valence electrons. The molecule has 2 aromatic carbocycles. The van der Waals surface area contributed by atoms with Gasteiger partial charge in [0.2, 0.25) is 11.8 Å². The van der Waals surface area contributed by atoms with Gasteiger partial charge in [0.15, 0.2) is 5.96 Å². The highest BCUT2D eigenvalue weighted by atomic mass is 16.3. The fourth-order valence-corrected chi connectivity index (χ4v) is 3.46. The Balaban J connectivity index is 1.34. The first-order valence-electron chi connectivity index (χ1n) is 10.8. The minimum absolute atomic E-state index is 0.0642. The highest BCUT2D eigenvalue weighted by Gasteiger charge is 2.16. The maximum absolute atomic E-state index is 11.6. The average Bonchev–Trinajstić information content (AvgIpc) is 3.31. The number of carbonyl (C=O) groups is 1. The number of guanidine groups is 1. The summed E-state index contributed by atoms with van der Waals surface area (Å²) in [5, 5.41) is 9.41. The molecule has 1 aromatic heterocycles. The lowest BCUT2D eigenvalue weighted by Crippen LogP contribution is -2.47. The topological polar surface area (TPSA) is 94.8 Å². The molecule has 32 heavy (non-hydrogen) atoms. The number of hydrogen-bond donors (Lipinski definition) is 3. The van der Waals surface area contributed by atoms with Crippen molar-refractivity contribution in [2.24, 2.45) is 4.99 Å². The van der Waals surface area contributed by atoms with E-state index in [9.17, 15) is 4.79 Å². The highest BCUT2D eigenvalue weighted by molar-refractivity contribution is 5.82. The molecule has 0 bridgehead atoms. The van der Waals surface area contributed by atoms with Gasteiger partial charge in [-0.15, -0.1) is 0 Å². The van der Waals surface area contributed by atoms with Gasteiger partial charge in [-0.05, 0) is 36.8 Å². The molecular formula is C24H28N6O2. The molecule has 8 nitrogen and oxygen atoms in total. The summed E-state index contributed by atoms with van der Waals surface area (Å²) in [5.41, 5.74) is 3.91. The molecule has 4 rings (SSSR count). The first-order valence-corrected chi connectivity index (χ1v) is 10.8. The van der Waals surface area contributed by atoms with Crippen LogP contribution in [0.25, 0.3) is 11.5 Å². The fraction of sp³-hybridized carbons (Fsp3) is 0.292. The summed E-state index contributed by atoms with van der Waals surface area (Å²) in [6, 6.07) is 18.0. The van der Waals surface area contributed by atoms with Gasteiger partial charge in [0.05, 0.1) is 25.3 Å². The Morgan fingerprint density at radius 1 is 1.16 bits per heavy atom. The second-order valence-electron chi connectivity index (χ2n) is 7.50. The second-order valence-corrected chi connectivity index (χ2v) is 7.50. The average molecular weight is 433 g/mol. The number of amides is 1. The lowest BCUT2D eigenvalue weighted by atomic mass is 10.2. The molecule has 2 heterocycles. The van der Waals surface area contributed by atoms with Crippen molar-refractivity contribution >= 4 is 17.6 Å². The molecule has 0 atom stereocenters. The second kappa shape index (κ2) is 10.5. The molecule has 3 aromatic rings. The number of benzene rings is 2. The van der Waals surface area contributed by atoms with Crippen LogP contribution < -0.4 is 20.9 Å². The molecule has 0 aliphatic carbocycles. The van der Waals surface area contributed by atoms with Gasteiger partial charge < -0.3 is 25.3 Å². The minimum Gasteiger partial charge on any atom is -0.444 e. The summed E-state index contributed by atoms with van der Waals surface area (Å²) in [7, 11) is 0. The van der Waals surface area contributed by atoms with Crippen molar-refractivity contribution in [3.8, 4) is 11.5 Å². The van der Waals surface area contributed by atoms with Crippen LogP contribution in [-0.4, -0.2) is 43.0 Å². The van der Waals surface area contributed by atoms with Crippen molar-refractivity contribution in [3.63, 3.8) is 0 Å². The summed E-state index contributed by atoms with van der Waals surface area (Å²) in [6.07, 6.45) is 1.67. The van der Waals surface area contributed by atoms with Crippen molar-refractivity contribution in [1.82, 2.24) is 20.9 Å². The SMILES string of the molecule is CCNC(=NCc1ccc(N2CCNC(=O)C2)cc1)NCc1coc(-c2ccccc2)n1. The highest BCUT2D eigenvalue weighted by Crippen LogP contribution is 2.18. The maximum atomic E-state index is 11.6. The van der Waals surface area contributed by atoms with Crippen LogP contribution >= 0.6 is 0 Å². The summed E-state index contributed by atoms with van der Waals surface area (Å²) >= 11 is 0. The van der Waals surface area contributed by atoms with E-state index in [0.717, 1.165) is 35.6 Å². The molecule has 3 N–H and O–H groups in total. The van der Waals surface area contributed by atoms with Gasteiger partial charge in [-0.3, -0.25) is 4.79 Å². The number of oxazole rings is 1. The minimum atomic E-state index is 0.0642. The molecule has 8 heteroatoms. The quantitative estimate of drug-likeness (QED) is 0.392. The number of rotatable bonds is 7. The smallest absolute Gasteiger partial charge is 0.239 e. The fourth-order valence-electron chi connectivity index (χ4n) is 3.46. The van der Waals surface area contributed by atoms with Crippen LogP contribution in [0, 0.1) is 0 Å². The molecule has 0 radical (unpaired) electrons. The van der Waals surface area contributed by atoms with Gasteiger partial charge >= 0.3 is 0 Å². The van der Waals surface area contributed by atoms with Gasteiger partial charge in [-0.2, -0.15) is 0 Å². The molecule has 1 aliphatic rings.